The third-order valence-electron chi connectivity index (χ3n) is 1.96. The SMILES string of the molecule is C/C(=C\P(=O)(O)O)CCC(P(=O)(O)O)P(=O)(O)O. The fraction of sp³-hybridized carbons (Fsp3) is 0.667. The van der Waals surface area contributed by atoms with Gasteiger partial charge in [-0.05, 0) is 19.8 Å². The summed E-state index contributed by atoms with van der Waals surface area (Å²) in [5.41, 5.74) is 0.0928. The molecule has 0 fully saturated rings. The summed E-state index contributed by atoms with van der Waals surface area (Å²) in [7, 11) is -14.4. The quantitative estimate of drug-likeness (QED) is 0.381. The van der Waals surface area contributed by atoms with Gasteiger partial charge in [0.1, 0.15) is 0 Å². The largest absolute Gasteiger partial charge is 0.349 e. The molecule has 0 aliphatic rings. The van der Waals surface area contributed by atoms with Crippen molar-refractivity contribution in [2.45, 2.75) is 25.2 Å². The highest BCUT2D eigenvalue weighted by atomic mass is 31.2. The summed E-state index contributed by atoms with van der Waals surface area (Å²) in [6, 6.07) is 0. The van der Waals surface area contributed by atoms with Crippen LogP contribution >= 0.6 is 22.8 Å². The summed E-state index contributed by atoms with van der Waals surface area (Å²) in [6.07, 6.45) is -0.817. The standard InChI is InChI=1S/C6H15O9P3/c1-5(4-16(7,8)9)2-3-6(17(10,11)12)18(13,14)15/h4,6H,2-3H2,1H3,(H2,7,8,9)(H2,10,11,12)(H2,13,14,15)/b5-4+. The van der Waals surface area contributed by atoms with E-state index < -0.39 is 34.6 Å². The van der Waals surface area contributed by atoms with Gasteiger partial charge >= 0.3 is 22.8 Å². The number of hydrogen-bond donors (Lipinski definition) is 6. The minimum absolute atomic E-state index is 0.0928. The van der Waals surface area contributed by atoms with Crippen molar-refractivity contribution in [2.24, 2.45) is 0 Å². The molecule has 0 bridgehead atoms. The van der Waals surface area contributed by atoms with Crippen LogP contribution in [0.3, 0.4) is 0 Å². The first kappa shape index (κ1) is 18.2. The van der Waals surface area contributed by atoms with Crippen LogP contribution in [0.15, 0.2) is 11.4 Å². The van der Waals surface area contributed by atoms with Crippen LogP contribution in [0.5, 0.6) is 0 Å². The Balaban J connectivity index is 4.88. The molecule has 0 rings (SSSR count). The number of allylic oxidation sites excluding steroid dienone is 1. The van der Waals surface area contributed by atoms with Crippen LogP contribution in [-0.4, -0.2) is 34.8 Å². The van der Waals surface area contributed by atoms with Gasteiger partial charge in [-0.2, -0.15) is 0 Å². The highest BCUT2D eigenvalue weighted by molar-refractivity contribution is 7.70. The van der Waals surface area contributed by atoms with Gasteiger partial charge in [-0.15, -0.1) is 0 Å². The van der Waals surface area contributed by atoms with E-state index in [4.69, 9.17) is 29.4 Å². The lowest BCUT2D eigenvalue weighted by atomic mass is 10.2. The van der Waals surface area contributed by atoms with E-state index in [2.05, 4.69) is 0 Å². The molecule has 0 amide bonds. The van der Waals surface area contributed by atoms with E-state index in [1.165, 1.54) is 6.92 Å². The van der Waals surface area contributed by atoms with Crippen molar-refractivity contribution in [3.8, 4) is 0 Å². The Morgan fingerprint density at radius 2 is 1.39 bits per heavy atom. The molecule has 9 nitrogen and oxygen atoms in total. The average Bonchev–Trinajstić information content (AvgIpc) is 1.93. The lowest BCUT2D eigenvalue weighted by molar-refractivity contribution is 0.335. The van der Waals surface area contributed by atoms with Crippen LogP contribution < -0.4 is 0 Å². The Bertz CT molecular complexity index is 429. The molecular weight excluding hydrogens is 309 g/mol. The van der Waals surface area contributed by atoms with E-state index in [-0.39, 0.29) is 12.0 Å². The van der Waals surface area contributed by atoms with E-state index in [1.54, 1.807) is 0 Å². The van der Waals surface area contributed by atoms with Gasteiger partial charge in [0.2, 0.25) is 0 Å². The maximum atomic E-state index is 10.9. The molecule has 0 saturated carbocycles. The Labute approximate surface area is 103 Å². The van der Waals surface area contributed by atoms with Crippen LogP contribution in [0.4, 0.5) is 0 Å². The summed E-state index contributed by atoms with van der Waals surface area (Å²) in [4.78, 5) is 52.4. The maximum absolute atomic E-state index is 10.9. The van der Waals surface area contributed by atoms with Crippen LogP contribution in [0.25, 0.3) is 0 Å². The molecule has 0 heterocycles. The molecule has 0 saturated heterocycles. The Hall–Kier alpha value is 0.190. The van der Waals surface area contributed by atoms with Crippen molar-refractivity contribution in [3.63, 3.8) is 0 Å². The molecule has 0 aliphatic heterocycles. The molecule has 12 heteroatoms. The van der Waals surface area contributed by atoms with Gasteiger partial charge in [0.25, 0.3) is 0 Å². The zero-order valence-electron chi connectivity index (χ0n) is 9.32. The number of hydrogen-bond acceptors (Lipinski definition) is 3. The van der Waals surface area contributed by atoms with E-state index >= 15 is 0 Å². The summed E-state index contributed by atoms with van der Waals surface area (Å²) in [5.74, 6) is 0.587. The maximum Gasteiger partial charge on any atom is 0.349 e. The van der Waals surface area contributed by atoms with Crippen LogP contribution in [-0.2, 0) is 13.7 Å². The van der Waals surface area contributed by atoms with Gasteiger partial charge in [-0.1, -0.05) is 5.57 Å². The molecular formula is C6H15O9P3. The molecule has 0 unspecified atom stereocenters. The van der Waals surface area contributed by atoms with E-state index in [0.29, 0.717) is 5.82 Å². The van der Waals surface area contributed by atoms with E-state index in [1.807, 2.05) is 0 Å². The second-order valence-electron chi connectivity index (χ2n) is 3.76. The fourth-order valence-electron chi connectivity index (χ4n) is 1.24. The first-order valence-corrected chi connectivity index (χ1v) is 9.62. The van der Waals surface area contributed by atoms with Crippen molar-refractivity contribution in [1.82, 2.24) is 0 Å². The van der Waals surface area contributed by atoms with E-state index in [0.717, 1.165) is 0 Å². The molecule has 0 spiro atoms. The molecule has 108 valence electrons. The molecule has 0 aromatic carbocycles. The second-order valence-corrected chi connectivity index (χ2v) is 9.21. The van der Waals surface area contributed by atoms with Gasteiger partial charge in [-0.3, -0.25) is 13.7 Å². The van der Waals surface area contributed by atoms with Gasteiger partial charge in [0.05, 0.1) is 0 Å². The molecule has 0 aromatic heterocycles. The third kappa shape index (κ3) is 7.59. The van der Waals surface area contributed by atoms with E-state index in [9.17, 15) is 13.7 Å². The van der Waals surface area contributed by atoms with Crippen LogP contribution in [0, 0.1) is 0 Å². The first-order valence-electron chi connectivity index (χ1n) is 4.57. The molecule has 0 atom stereocenters. The Morgan fingerprint density at radius 3 is 1.67 bits per heavy atom. The predicted octanol–water partition coefficient (Wildman–Crippen LogP) is 0.530. The topological polar surface area (TPSA) is 173 Å². The van der Waals surface area contributed by atoms with Crippen LogP contribution in [0.2, 0.25) is 0 Å². The first-order chi connectivity index (χ1) is 7.73. The highest BCUT2D eigenvalue weighted by Crippen LogP contribution is 2.61. The second kappa shape index (κ2) is 6.09. The molecule has 18 heavy (non-hydrogen) atoms. The lowest BCUT2D eigenvalue weighted by Gasteiger charge is -2.19. The monoisotopic (exact) mass is 324 g/mol. The van der Waals surface area contributed by atoms with Crippen molar-refractivity contribution >= 4 is 22.8 Å². The van der Waals surface area contributed by atoms with Crippen molar-refractivity contribution in [3.05, 3.63) is 11.4 Å². The van der Waals surface area contributed by atoms with Gasteiger partial charge < -0.3 is 29.4 Å². The lowest BCUT2D eigenvalue weighted by Crippen LogP contribution is -2.09. The number of rotatable bonds is 6. The zero-order valence-corrected chi connectivity index (χ0v) is 12.0. The average molecular weight is 324 g/mol. The third-order valence-corrected chi connectivity index (χ3v) is 6.61. The summed E-state index contributed by atoms with van der Waals surface area (Å²) < 4.78 is 32.4. The summed E-state index contributed by atoms with van der Waals surface area (Å²) in [5, 5.41) is -2.16. The Morgan fingerprint density at radius 1 is 1.00 bits per heavy atom. The normalized spacial score (nSPS) is 15.2. The van der Waals surface area contributed by atoms with Crippen molar-refractivity contribution in [2.75, 3.05) is 0 Å². The minimum Gasteiger partial charge on any atom is -0.324 e. The predicted molar refractivity (Wildman–Crippen MR) is 62.9 cm³/mol. The Kier molecular flexibility index (Phi) is 6.16. The smallest absolute Gasteiger partial charge is 0.324 e. The molecule has 0 aliphatic carbocycles. The minimum atomic E-state index is -4.99. The zero-order chi connectivity index (χ0) is 14.8. The van der Waals surface area contributed by atoms with Crippen molar-refractivity contribution < 1.29 is 43.1 Å². The summed E-state index contributed by atoms with van der Waals surface area (Å²) in [6.45, 7) is 1.29. The molecule has 6 N–H and O–H groups in total. The van der Waals surface area contributed by atoms with Crippen LogP contribution in [0.1, 0.15) is 19.8 Å². The highest BCUT2D eigenvalue weighted by Gasteiger charge is 2.42. The van der Waals surface area contributed by atoms with Crippen molar-refractivity contribution in [1.29, 1.82) is 0 Å². The molecule has 0 aromatic rings. The van der Waals surface area contributed by atoms with Gasteiger partial charge in [0.15, 0.2) is 5.40 Å². The van der Waals surface area contributed by atoms with Gasteiger partial charge in [-0.25, -0.2) is 0 Å². The summed E-state index contributed by atoms with van der Waals surface area (Å²) >= 11 is 0. The fourth-order valence-corrected chi connectivity index (χ4v) is 4.44. The van der Waals surface area contributed by atoms with Gasteiger partial charge in [0, 0.05) is 5.82 Å². The molecule has 0 radical (unpaired) electrons.